The van der Waals surface area contributed by atoms with Crippen molar-refractivity contribution < 1.29 is 14.3 Å². The van der Waals surface area contributed by atoms with Crippen molar-refractivity contribution in [2.45, 2.75) is 44.7 Å². The van der Waals surface area contributed by atoms with Gasteiger partial charge >= 0.3 is 0 Å². The molecule has 2 aliphatic heterocycles. The van der Waals surface area contributed by atoms with E-state index in [0.29, 0.717) is 32.5 Å². The lowest BCUT2D eigenvalue weighted by atomic mass is 9.78. The predicted octanol–water partition coefficient (Wildman–Crippen LogP) is 1.02. The van der Waals surface area contributed by atoms with E-state index in [-0.39, 0.29) is 24.5 Å². The molecule has 0 unspecified atom stereocenters. The number of aromatic nitrogens is 4. The largest absolute Gasteiger partial charge is 0.375 e. The maximum atomic E-state index is 13.1. The average molecular weight is 400 g/mol. The molecule has 4 rings (SSSR count). The van der Waals surface area contributed by atoms with E-state index in [2.05, 4.69) is 15.0 Å². The highest BCUT2D eigenvalue weighted by atomic mass is 16.5. The van der Waals surface area contributed by atoms with Crippen molar-refractivity contribution in [2.75, 3.05) is 33.4 Å². The zero-order valence-electron chi connectivity index (χ0n) is 17.2. The Morgan fingerprint density at radius 2 is 2.03 bits per heavy atom. The maximum absolute atomic E-state index is 13.1. The van der Waals surface area contributed by atoms with Crippen molar-refractivity contribution in [3.63, 3.8) is 0 Å². The van der Waals surface area contributed by atoms with Crippen LogP contribution in [-0.2, 0) is 26.3 Å². The second-order valence-electron chi connectivity index (χ2n) is 7.87. The standard InChI is InChI=1S/C20H28N6O3/c1-14(25-11-7-21-15(25)2)19(28)24-9-5-20(6-10-24)18-16(22-13-23-18)4-8-26(20)17(27)12-29-3/h7,11,13-14H,4-6,8-10,12H2,1-3H3,(H,22,23)/t14-/m0/s1. The second-order valence-corrected chi connectivity index (χ2v) is 7.87. The molecule has 29 heavy (non-hydrogen) atoms. The Labute approximate surface area is 170 Å². The fourth-order valence-electron chi connectivity index (χ4n) is 4.83. The van der Waals surface area contributed by atoms with Crippen molar-refractivity contribution >= 4 is 11.8 Å². The number of fused-ring (bicyclic) bond motifs is 2. The van der Waals surface area contributed by atoms with Gasteiger partial charge in [-0.3, -0.25) is 9.59 Å². The first-order valence-corrected chi connectivity index (χ1v) is 10.1. The molecule has 9 heteroatoms. The summed E-state index contributed by atoms with van der Waals surface area (Å²) in [6, 6.07) is -0.301. The van der Waals surface area contributed by atoms with Crippen molar-refractivity contribution in [3.05, 3.63) is 35.9 Å². The molecule has 1 N–H and O–H groups in total. The van der Waals surface area contributed by atoms with Gasteiger partial charge in [-0.1, -0.05) is 0 Å². The smallest absolute Gasteiger partial charge is 0.249 e. The summed E-state index contributed by atoms with van der Waals surface area (Å²) in [6.45, 7) is 5.66. The number of amides is 2. The number of piperidine rings is 1. The van der Waals surface area contributed by atoms with Gasteiger partial charge in [0, 0.05) is 51.3 Å². The number of rotatable bonds is 4. The summed E-state index contributed by atoms with van der Waals surface area (Å²) in [5.74, 6) is 0.876. The number of nitrogens with zero attached hydrogens (tertiary/aromatic N) is 5. The Hall–Kier alpha value is -2.68. The van der Waals surface area contributed by atoms with Gasteiger partial charge in [0.25, 0.3) is 0 Å². The van der Waals surface area contributed by atoms with Crippen LogP contribution < -0.4 is 0 Å². The number of nitrogens with one attached hydrogen (secondary N) is 1. The van der Waals surface area contributed by atoms with Gasteiger partial charge in [-0.25, -0.2) is 9.97 Å². The predicted molar refractivity (Wildman–Crippen MR) is 105 cm³/mol. The molecule has 2 aromatic rings. The van der Waals surface area contributed by atoms with Crippen LogP contribution in [0.25, 0.3) is 0 Å². The fraction of sp³-hybridized carbons (Fsp3) is 0.600. The van der Waals surface area contributed by atoms with Gasteiger partial charge in [0.15, 0.2) is 0 Å². The second kappa shape index (κ2) is 7.62. The number of hydrogen-bond acceptors (Lipinski definition) is 5. The zero-order valence-corrected chi connectivity index (χ0v) is 17.2. The molecule has 0 aromatic carbocycles. The fourth-order valence-corrected chi connectivity index (χ4v) is 4.83. The van der Waals surface area contributed by atoms with Gasteiger partial charge in [0.2, 0.25) is 11.8 Å². The minimum absolute atomic E-state index is 0.0247. The molecule has 0 aliphatic carbocycles. The Balaban J connectivity index is 1.55. The summed E-state index contributed by atoms with van der Waals surface area (Å²) >= 11 is 0. The summed E-state index contributed by atoms with van der Waals surface area (Å²) in [5.41, 5.74) is 1.56. The monoisotopic (exact) mass is 400 g/mol. The molecule has 1 atom stereocenters. The lowest BCUT2D eigenvalue weighted by Crippen LogP contribution is -2.59. The van der Waals surface area contributed by atoms with Crippen LogP contribution in [0.2, 0.25) is 0 Å². The molecule has 0 bridgehead atoms. The lowest BCUT2D eigenvalue weighted by Gasteiger charge is -2.50. The quantitative estimate of drug-likeness (QED) is 0.827. The minimum Gasteiger partial charge on any atom is -0.375 e. The Bertz CT molecular complexity index is 896. The Kier molecular flexibility index (Phi) is 5.16. The SMILES string of the molecule is COCC(=O)N1CCc2[nH]cnc2C12CCN(C(=O)[C@H](C)n1ccnc1C)CC2. The normalized spacial score (nSPS) is 19.3. The van der Waals surface area contributed by atoms with E-state index < -0.39 is 5.54 Å². The van der Waals surface area contributed by atoms with Gasteiger partial charge in [-0.15, -0.1) is 0 Å². The van der Waals surface area contributed by atoms with E-state index in [4.69, 9.17) is 4.74 Å². The Morgan fingerprint density at radius 3 is 2.69 bits per heavy atom. The molecular weight excluding hydrogens is 372 g/mol. The summed E-state index contributed by atoms with van der Waals surface area (Å²) < 4.78 is 7.01. The molecule has 1 saturated heterocycles. The number of carbonyl (C=O) groups is 2. The summed E-state index contributed by atoms with van der Waals surface area (Å²) in [6.07, 6.45) is 7.35. The molecule has 1 spiro atoms. The number of methoxy groups -OCH3 is 1. The van der Waals surface area contributed by atoms with Gasteiger partial charge in [0.1, 0.15) is 18.5 Å². The number of aryl methyl sites for hydroxylation is 1. The zero-order chi connectivity index (χ0) is 20.6. The van der Waals surface area contributed by atoms with Crippen LogP contribution in [0.4, 0.5) is 0 Å². The molecule has 4 heterocycles. The molecule has 2 amide bonds. The number of H-pyrrole nitrogens is 1. The van der Waals surface area contributed by atoms with Crippen LogP contribution in [0, 0.1) is 6.92 Å². The topological polar surface area (TPSA) is 96.4 Å². The first kappa shape index (κ1) is 19.6. The molecule has 0 saturated carbocycles. The third-order valence-corrected chi connectivity index (χ3v) is 6.37. The maximum Gasteiger partial charge on any atom is 0.249 e. The number of aromatic amines is 1. The third kappa shape index (κ3) is 3.23. The van der Waals surface area contributed by atoms with Gasteiger partial charge in [-0.05, 0) is 26.7 Å². The molecule has 156 valence electrons. The number of likely N-dealkylation sites (tertiary alicyclic amines) is 1. The van der Waals surface area contributed by atoms with Crippen LogP contribution in [0.15, 0.2) is 18.7 Å². The number of hydrogen-bond donors (Lipinski definition) is 1. The molecule has 0 radical (unpaired) electrons. The highest BCUT2D eigenvalue weighted by Gasteiger charge is 2.49. The van der Waals surface area contributed by atoms with Gasteiger partial charge in [-0.2, -0.15) is 0 Å². The van der Waals surface area contributed by atoms with Crippen molar-refractivity contribution in [1.29, 1.82) is 0 Å². The molecular formula is C20H28N6O3. The van der Waals surface area contributed by atoms with Crippen LogP contribution in [-0.4, -0.2) is 74.5 Å². The number of imidazole rings is 2. The molecule has 9 nitrogen and oxygen atoms in total. The van der Waals surface area contributed by atoms with Crippen LogP contribution in [0.1, 0.15) is 43.0 Å². The van der Waals surface area contributed by atoms with Crippen LogP contribution in [0.3, 0.4) is 0 Å². The van der Waals surface area contributed by atoms with E-state index in [1.54, 1.807) is 12.5 Å². The third-order valence-electron chi connectivity index (χ3n) is 6.37. The van der Waals surface area contributed by atoms with Gasteiger partial charge < -0.3 is 24.1 Å². The minimum atomic E-state index is -0.478. The number of ether oxygens (including phenoxy) is 1. The van der Waals surface area contributed by atoms with Gasteiger partial charge in [0.05, 0.1) is 17.6 Å². The summed E-state index contributed by atoms with van der Waals surface area (Å²) in [4.78, 5) is 41.7. The lowest BCUT2D eigenvalue weighted by molar-refractivity contribution is -0.148. The highest BCUT2D eigenvalue weighted by molar-refractivity contribution is 5.81. The Morgan fingerprint density at radius 1 is 1.28 bits per heavy atom. The summed E-state index contributed by atoms with van der Waals surface area (Å²) in [5, 5.41) is 0. The van der Waals surface area contributed by atoms with Crippen LogP contribution >= 0.6 is 0 Å². The average Bonchev–Trinajstić information content (AvgIpc) is 3.37. The van der Waals surface area contributed by atoms with Crippen molar-refractivity contribution in [1.82, 2.24) is 29.3 Å². The van der Waals surface area contributed by atoms with Crippen molar-refractivity contribution in [2.24, 2.45) is 0 Å². The van der Waals surface area contributed by atoms with E-state index >= 15 is 0 Å². The van der Waals surface area contributed by atoms with Crippen LogP contribution in [0.5, 0.6) is 0 Å². The molecule has 2 aliphatic rings. The summed E-state index contributed by atoms with van der Waals surface area (Å²) in [7, 11) is 1.54. The van der Waals surface area contributed by atoms with E-state index in [9.17, 15) is 9.59 Å². The molecule has 1 fully saturated rings. The van der Waals surface area contributed by atoms with Crippen molar-refractivity contribution in [3.8, 4) is 0 Å². The number of carbonyl (C=O) groups excluding carboxylic acids is 2. The van der Waals surface area contributed by atoms with E-state index in [0.717, 1.165) is 23.6 Å². The van der Waals surface area contributed by atoms with E-state index in [1.807, 2.05) is 34.4 Å². The highest BCUT2D eigenvalue weighted by Crippen LogP contribution is 2.42. The first-order chi connectivity index (χ1) is 14.0. The first-order valence-electron chi connectivity index (χ1n) is 10.1. The molecule has 2 aromatic heterocycles. The van der Waals surface area contributed by atoms with E-state index in [1.165, 1.54) is 7.11 Å².